The van der Waals surface area contributed by atoms with Crippen LogP contribution in [0, 0.1) is 0 Å². The van der Waals surface area contributed by atoms with Crippen molar-refractivity contribution in [2.75, 3.05) is 31.3 Å². The molecule has 2 rings (SSSR count). The lowest BCUT2D eigenvalue weighted by atomic mass is 10.1. The van der Waals surface area contributed by atoms with Crippen molar-refractivity contribution < 1.29 is 23.6 Å². The Bertz CT molecular complexity index is 1030. The highest BCUT2D eigenvalue weighted by Crippen LogP contribution is 2.33. The van der Waals surface area contributed by atoms with E-state index in [1.54, 1.807) is 24.7 Å². The van der Waals surface area contributed by atoms with Crippen LogP contribution in [0.4, 0.5) is 10.5 Å². The van der Waals surface area contributed by atoms with Gasteiger partial charge in [-0.25, -0.2) is 9.79 Å². The molecule has 1 aromatic rings. The summed E-state index contributed by atoms with van der Waals surface area (Å²) in [6, 6.07) is 5.45. The normalized spacial score (nSPS) is 16.1. The molecule has 10 nitrogen and oxygen atoms in total. The van der Waals surface area contributed by atoms with E-state index in [2.05, 4.69) is 25.2 Å². The Morgan fingerprint density at radius 3 is 2.45 bits per heavy atom. The first-order chi connectivity index (χ1) is 18.8. The van der Waals surface area contributed by atoms with Crippen molar-refractivity contribution in [2.45, 2.75) is 90.0 Å². The summed E-state index contributed by atoms with van der Waals surface area (Å²) in [6.07, 6.45) is 6.52. The number of nitrogens with zero attached hydrogens (tertiary/aromatic N) is 2. The zero-order valence-corrected chi connectivity index (χ0v) is 26.5. The molecule has 0 aliphatic carbocycles. The lowest BCUT2D eigenvalue weighted by molar-refractivity contribution is -0.121. The second-order valence-electron chi connectivity index (χ2n) is 11.1. The highest BCUT2D eigenvalue weighted by Gasteiger charge is 2.26. The fourth-order valence-corrected chi connectivity index (χ4v) is 5.64. The van der Waals surface area contributed by atoms with Crippen LogP contribution in [0.2, 0.25) is 0 Å². The maximum Gasteiger partial charge on any atom is 0.407 e. The van der Waals surface area contributed by atoms with Gasteiger partial charge in [0.2, 0.25) is 5.91 Å². The minimum atomic E-state index is -1.54. The van der Waals surface area contributed by atoms with Crippen LogP contribution < -0.4 is 15.4 Å². The van der Waals surface area contributed by atoms with Gasteiger partial charge in [0.1, 0.15) is 6.61 Å². The quantitative estimate of drug-likeness (QED) is 0.180. The van der Waals surface area contributed by atoms with E-state index in [1.807, 2.05) is 60.8 Å². The second kappa shape index (κ2) is 16.3. The third-order valence-electron chi connectivity index (χ3n) is 5.51. The molecule has 1 aliphatic heterocycles. The summed E-state index contributed by atoms with van der Waals surface area (Å²) in [5.74, 6) is -0.275. The molecular formula is C28H45N5O5S2. The van der Waals surface area contributed by atoms with E-state index in [4.69, 9.17) is 9.47 Å². The van der Waals surface area contributed by atoms with Crippen LogP contribution in [0.3, 0.4) is 0 Å². The van der Waals surface area contributed by atoms with Crippen LogP contribution >= 0.6 is 11.8 Å². The maximum absolute atomic E-state index is 13.4. The molecule has 1 saturated heterocycles. The van der Waals surface area contributed by atoms with Crippen molar-refractivity contribution in [3.05, 3.63) is 30.0 Å². The molecule has 3 N–H and O–H groups in total. The van der Waals surface area contributed by atoms with Gasteiger partial charge >= 0.3 is 6.09 Å². The molecule has 224 valence electrons. The Morgan fingerprint density at radius 1 is 1.20 bits per heavy atom. The molecule has 1 aliphatic rings. The zero-order valence-electron chi connectivity index (χ0n) is 24.9. The monoisotopic (exact) mass is 595 g/mol. The first-order valence-corrected chi connectivity index (χ1v) is 15.9. The number of rotatable bonds is 12. The predicted octanol–water partition coefficient (Wildman–Crippen LogP) is 4.75. The van der Waals surface area contributed by atoms with Crippen LogP contribution in [0.5, 0.6) is 0 Å². The van der Waals surface area contributed by atoms with E-state index < -0.39 is 11.4 Å². The van der Waals surface area contributed by atoms with Crippen LogP contribution in [0.25, 0.3) is 4.91 Å². The number of hydrogen-bond acceptors (Lipinski definition) is 8. The van der Waals surface area contributed by atoms with Gasteiger partial charge in [-0.1, -0.05) is 0 Å². The largest absolute Gasteiger partial charge is 0.593 e. The molecular weight excluding hydrogens is 550 g/mol. The average molecular weight is 596 g/mol. The number of likely N-dealkylation sites (tertiary alicyclic amines) is 1. The Kier molecular flexibility index (Phi) is 13.8. The fourth-order valence-electron chi connectivity index (χ4n) is 3.73. The number of piperidine rings is 1. The minimum absolute atomic E-state index is 0.0569. The van der Waals surface area contributed by atoms with Gasteiger partial charge in [0.25, 0.3) is 0 Å². The molecule has 40 heavy (non-hydrogen) atoms. The highest BCUT2D eigenvalue weighted by atomic mass is 32.2. The van der Waals surface area contributed by atoms with Gasteiger partial charge in [-0.05, 0) is 79.7 Å². The zero-order chi connectivity index (χ0) is 29.9. The highest BCUT2D eigenvalue weighted by molar-refractivity contribution is 8.07. The van der Waals surface area contributed by atoms with Gasteiger partial charge < -0.3 is 29.6 Å². The van der Waals surface area contributed by atoms with Crippen molar-refractivity contribution in [1.82, 2.24) is 14.9 Å². The van der Waals surface area contributed by atoms with Gasteiger partial charge in [0.15, 0.2) is 4.90 Å². The first-order valence-electron chi connectivity index (χ1n) is 13.5. The molecule has 12 heteroatoms. The van der Waals surface area contributed by atoms with Crippen molar-refractivity contribution in [3.63, 3.8) is 0 Å². The van der Waals surface area contributed by atoms with Gasteiger partial charge in [0, 0.05) is 47.6 Å². The van der Waals surface area contributed by atoms with Crippen LogP contribution in [0.15, 0.2) is 34.3 Å². The van der Waals surface area contributed by atoms with E-state index in [0.717, 1.165) is 36.4 Å². The van der Waals surface area contributed by atoms with Crippen LogP contribution in [-0.4, -0.2) is 77.5 Å². The van der Waals surface area contributed by atoms with Crippen molar-refractivity contribution >= 4 is 52.1 Å². The molecule has 0 spiro atoms. The van der Waals surface area contributed by atoms with Gasteiger partial charge in [-0.2, -0.15) is 0 Å². The minimum Gasteiger partial charge on any atom is -0.593 e. The number of carbonyl (C=O) groups excluding carboxylic acids is 2. The third kappa shape index (κ3) is 12.5. The van der Waals surface area contributed by atoms with Crippen LogP contribution in [0.1, 0.15) is 66.9 Å². The van der Waals surface area contributed by atoms with Gasteiger partial charge in [-0.15, -0.1) is 16.5 Å². The third-order valence-corrected chi connectivity index (χ3v) is 7.81. The number of alkyl carbamates (subject to hydrolysis) is 1. The number of amides is 2. The standard InChI is InChI=1S/C28H45N5O5S2/c1-19(2)37-17-26(34)30-22-9-10-23(25(15-22)40(36)32-28(5,6)7)24(39-8)16-29-18-33-13-11-21(12-14-33)31-27(35)38-20(3)4/h9-10,15-16,18-21,32H,11-14,17H2,1-8H3,(H,30,34)(H,31,35)/b24-16-,29-18+. The molecule has 1 fully saturated rings. The predicted molar refractivity (Wildman–Crippen MR) is 165 cm³/mol. The summed E-state index contributed by atoms with van der Waals surface area (Å²) < 4.78 is 27.1. The second-order valence-corrected chi connectivity index (χ2v) is 13.1. The van der Waals surface area contributed by atoms with E-state index in [-0.39, 0.29) is 42.4 Å². The van der Waals surface area contributed by atoms with E-state index in [9.17, 15) is 14.1 Å². The number of anilines is 1. The Hall–Kier alpha value is -2.25. The van der Waals surface area contributed by atoms with E-state index in [0.29, 0.717) is 10.6 Å². The fraction of sp³-hybridized carbons (Fsp3) is 0.607. The Labute approximate surface area is 246 Å². The summed E-state index contributed by atoms with van der Waals surface area (Å²) in [4.78, 5) is 32.2. The average Bonchev–Trinajstić information content (AvgIpc) is 2.85. The summed E-state index contributed by atoms with van der Waals surface area (Å²) in [5.41, 5.74) is 0.918. The summed E-state index contributed by atoms with van der Waals surface area (Å²) in [5, 5.41) is 5.75. The number of aliphatic imine (C=N–C) groups is 1. The van der Waals surface area contributed by atoms with Crippen molar-refractivity contribution in [1.29, 1.82) is 0 Å². The van der Waals surface area contributed by atoms with Crippen molar-refractivity contribution in [3.8, 4) is 0 Å². The number of benzene rings is 1. The van der Waals surface area contributed by atoms with Crippen molar-refractivity contribution in [2.24, 2.45) is 4.99 Å². The van der Waals surface area contributed by atoms with Gasteiger partial charge in [-0.3, -0.25) is 4.79 Å². The summed E-state index contributed by atoms with van der Waals surface area (Å²) >= 11 is -0.0393. The molecule has 0 radical (unpaired) electrons. The number of nitrogens with one attached hydrogen (secondary N) is 3. The summed E-state index contributed by atoms with van der Waals surface area (Å²) in [7, 11) is 0. The first kappa shape index (κ1) is 34.0. The molecule has 1 atom stereocenters. The maximum atomic E-state index is 13.4. The number of thioether (sulfide) groups is 1. The molecule has 1 unspecified atom stereocenters. The van der Waals surface area contributed by atoms with E-state index >= 15 is 0 Å². The molecule has 0 saturated carbocycles. The Morgan fingerprint density at radius 2 is 1.88 bits per heavy atom. The van der Waals surface area contributed by atoms with E-state index in [1.165, 1.54) is 11.8 Å². The lowest BCUT2D eigenvalue weighted by Crippen LogP contribution is -2.44. The summed E-state index contributed by atoms with van der Waals surface area (Å²) in [6.45, 7) is 14.7. The van der Waals surface area contributed by atoms with Gasteiger partial charge in [0.05, 0.1) is 35.4 Å². The number of hydrogen-bond donors (Lipinski definition) is 3. The molecule has 1 heterocycles. The molecule has 1 aromatic carbocycles. The Balaban J connectivity index is 2.16. The smallest absolute Gasteiger partial charge is 0.407 e. The lowest BCUT2D eigenvalue weighted by Gasteiger charge is -2.30. The molecule has 0 aromatic heterocycles. The molecule has 2 amide bonds. The number of carbonyl (C=O) groups is 2. The van der Waals surface area contributed by atoms with Crippen LogP contribution in [-0.2, 0) is 25.6 Å². The SMILES string of the molecule is CS/C(=C\N=C\N1CCC(NC(=O)OC(C)C)CC1)c1ccc(NC(=O)COC(C)C)cc1[S+]([O-])NC(C)(C)C. The topological polar surface area (TPSA) is 127 Å². The molecule has 0 bridgehead atoms. The number of ether oxygens (including phenoxy) is 2.